The molecule has 1 aliphatic heterocycles. The summed E-state index contributed by atoms with van der Waals surface area (Å²) in [7, 11) is 1.78. The minimum atomic E-state index is -0.414. The van der Waals surface area contributed by atoms with Gasteiger partial charge in [-0.1, -0.05) is 0 Å². The number of rotatable bonds is 1. The lowest BCUT2D eigenvalue weighted by Crippen LogP contribution is -2.40. The van der Waals surface area contributed by atoms with Crippen molar-refractivity contribution in [2.75, 3.05) is 26.7 Å². The Kier molecular flexibility index (Phi) is 2.84. The molecule has 1 heterocycles. The second-order valence-electron chi connectivity index (χ2n) is 2.71. The van der Waals surface area contributed by atoms with E-state index in [1.54, 1.807) is 11.9 Å². The van der Waals surface area contributed by atoms with Gasteiger partial charge in [-0.2, -0.15) is 0 Å². The third-order valence-electron chi connectivity index (χ3n) is 1.82. The number of amides is 1. The molecule has 0 radical (unpaired) electrons. The van der Waals surface area contributed by atoms with Crippen molar-refractivity contribution >= 4 is 5.91 Å². The van der Waals surface area contributed by atoms with E-state index in [1.807, 2.05) is 0 Å². The first-order chi connectivity index (χ1) is 5.25. The SMILES string of the molecule is CN1CCCOC(CN)C1=O. The molecule has 4 heteroatoms. The van der Waals surface area contributed by atoms with Crippen LogP contribution in [0.5, 0.6) is 0 Å². The number of hydrogen-bond acceptors (Lipinski definition) is 3. The Hall–Kier alpha value is -0.610. The van der Waals surface area contributed by atoms with Crippen molar-refractivity contribution in [3.63, 3.8) is 0 Å². The Balaban J connectivity index is 2.56. The van der Waals surface area contributed by atoms with Crippen LogP contribution in [0.1, 0.15) is 6.42 Å². The molecule has 1 saturated heterocycles. The summed E-state index contributed by atoms with van der Waals surface area (Å²) >= 11 is 0. The molecule has 64 valence electrons. The maximum Gasteiger partial charge on any atom is 0.252 e. The monoisotopic (exact) mass is 158 g/mol. The maximum atomic E-state index is 11.3. The van der Waals surface area contributed by atoms with Crippen LogP contribution in [0, 0.1) is 0 Å². The Bertz CT molecular complexity index is 149. The highest BCUT2D eigenvalue weighted by Gasteiger charge is 2.23. The molecular formula is C7H14N2O2. The summed E-state index contributed by atoms with van der Waals surface area (Å²) < 4.78 is 5.22. The van der Waals surface area contributed by atoms with Crippen LogP contribution in [-0.2, 0) is 9.53 Å². The van der Waals surface area contributed by atoms with Crippen LogP contribution in [0.4, 0.5) is 0 Å². The summed E-state index contributed by atoms with van der Waals surface area (Å²) in [4.78, 5) is 13.0. The molecule has 0 bridgehead atoms. The van der Waals surface area contributed by atoms with Crippen LogP contribution >= 0.6 is 0 Å². The predicted molar refractivity (Wildman–Crippen MR) is 41.0 cm³/mol. The van der Waals surface area contributed by atoms with E-state index in [-0.39, 0.29) is 12.5 Å². The van der Waals surface area contributed by atoms with Gasteiger partial charge in [-0.3, -0.25) is 4.79 Å². The molecule has 1 fully saturated rings. The minimum absolute atomic E-state index is 0.00463. The van der Waals surface area contributed by atoms with E-state index >= 15 is 0 Å². The first kappa shape index (κ1) is 8.49. The number of nitrogens with zero attached hydrogens (tertiary/aromatic N) is 1. The average Bonchev–Trinajstić information content (AvgIpc) is 2.16. The molecule has 1 unspecified atom stereocenters. The van der Waals surface area contributed by atoms with Gasteiger partial charge in [-0.15, -0.1) is 0 Å². The standard InChI is InChI=1S/C7H14N2O2/c1-9-3-2-4-11-6(5-8)7(9)10/h6H,2-5,8H2,1H3. The number of hydrogen-bond donors (Lipinski definition) is 1. The van der Waals surface area contributed by atoms with Gasteiger partial charge in [-0.25, -0.2) is 0 Å². The summed E-state index contributed by atoms with van der Waals surface area (Å²) in [5.41, 5.74) is 5.35. The Morgan fingerprint density at radius 1 is 1.82 bits per heavy atom. The van der Waals surface area contributed by atoms with Crippen molar-refractivity contribution in [2.24, 2.45) is 5.73 Å². The van der Waals surface area contributed by atoms with E-state index in [0.29, 0.717) is 6.61 Å². The zero-order valence-electron chi connectivity index (χ0n) is 6.75. The van der Waals surface area contributed by atoms with Gasteiger partial charge < -0.3 is 15.4 Å². The number of ether oxygens (including phenoxy) is 1. The van der Waals surface area contributed by atoms with Gasteiger partial charge >= 0.3 is 0 Å². The van der Waals surface area contributed by atoms with Gasteiger partial charge in [0.15, 0.2) is 0 Å². The van der Waals surface area contributed by atoms with Crippen LogP contribution in [-0.4, -0.2) is 43.7 Å². The first-order valence-corrected chi connectivity index (χ1v) is 3.82. The van der Waals surface area contributed by atoms with Crippen molar-refractivity contribution in [3.8, 4) is 0 Å². The molecule has 1 rings (SSSR count). The number of carbonyl (C=O) groups excluding carboxylic acids is 1. The second kappa shape index (κ2) is 3.69. The van der Waals surface area contributed by atoms with Gasteiger partial charge in [0.2, 0.25) is 0 Å². The van der Waals surface area contributed by atoms with E-state index < -0.39 is 6.10 Å². The molecule has 11 heavy (non-hydrogen) atoms. The van der Waals surface area contributed by atoms with Gasteiger partial charge in [0, 0.05) is 26.7 Å². The molecule has 0 aliphatic carbocycles. The fourth-order valence-electron chi connectivity index (χ4n) is 1.12. The van der Waals surface area contributed by atoms with E-state index in [1.165, 1.54) is 0 Å². The molecule has 1 aliphatic rings. The lowest BCUT2D eigenvalue weighted by atomic mass is 10.3. The summed E-state index contributed by atoms with van der Waals surface area (Å²) in [5.74, 6) is 0.00463. The summed E-state index contributed by atoms with van der Waals surface area (Å²) in [5, 5.41) is 0. The van der Waals surface area contributed by atoms with Crippen molar-refractivity contribution in [1.82, 2.24) is 4.90 Å². The molecule has 0 saturated carbocycles. The quantitative estimate of drug-likeness (QED) is 0.543. The normalized spacial score (nSPS) is 26.9. The number of likely N-dealkylation sites (N-methyl/N-ethyl adjacent to an activating group) is 1. The third-order valence-corrected chi connectivity index (χ3v) is 1.82. The Labute approximate surface area is 66.3 Å². The fourth-order valence-corrected chi connectivity index (χ4v) is 1.12. The molecule has 2 N–H and O–H groups in total. The second-order valence-corrected chi connectivity index (χ2v) is 2.71. The van der Waals surface area contributed by atoms with E-state index in [2.05, 4.69) is 0 Å². The van der Waals surface area contributed by atoms with Crippen molar-refractivity contribution in [1.29, 1.82) is 0 Å². The maximum absolute atomic E-state index is 11.3. The Morgan fingerprint density at radius 2 is 2.55 bits per heavy atom. The van der Waals surface area contributed by atoms with Gasteiger partial charge in [-0.05, 0) is 6.42 Å². The molecule has 0 aromatic rings. The van der Waals surface area contributed by atoms with Crippen molar-refractivity contribution in [3.05, 3.63) is 0 Å². The fraction of sp³-hybridized carbons (Fsp3) is 0.857. The smallest absolute Gasteiger partial charge is 0.252 e. The topological polar surface area (TPSA) is 55.6 Å². The minimum Gasteiger partial charge on any atom is -0.367 e. The lowest BCUT2D eigenvalue weighted by Gasteiger charge is -2.17. The highest BCUT2D eigenvalue weighted by molar-refractivity contribution is 5.81. The van der Waals surface area contributed by atoms with E-state index in [0.717, 1.165) is 13.0 Å². The molecular weight excluding hydrogens is 144 g/mol. The van der Waals surface area contributed by atoms with Gasteiger partial charge in [0.05, 0.1) is 0 Å². The van der Waals surface area contributed by atoms with Crippen molar-refractivity contribution < 1.29 is 9.53 Å². The first-order valence-electron chi connectivity index (χ1n) is 3.82. The van der Waals surface area contributed by atoms with Crippen molar-refractivity contribution in [2.45, 2.75) is 12.5 Å². The van der Waals surface area contributed by atoms with Crippen LogP contribution in [0.15, 0.2) is 0 Å². The zero-order chi connectivity index (χ0) is 8.27. The van der Waals surface area contributed by atoms with E-state index in [4.69, 9.17) is 10.5 Å². The summed E-state index contributed by atoms with van der Waals surface area (Å²) in [6, 6.07) is 0. The summed E-state index contributed by atoms with van der Waals surface area (Å²) in [6.07, 6.45) is 0.487. The average molecular weight is 158 g/mol. The van der Waals surface area contributed by atoms with Crippen LogP contribution < -0.4 is 5.73 Å². The molecule has 0 aromatic heterocycles. The highest BCUT2D eigenvalue weighted by Crippen LogP contribution is 2.03. The highest BCUT2D eigenvalue weighted by atomic mass is 16.5. The third kappa shape index (κ3) is 1.91. The van der Waals surface area contributed by atoms with Gasteiger partial charge in [0.25, 0.3) is 5.91 Å². The molecule has 4 nitrogen and oxygen atoms in total. The molecule has 1 atom stereocenters. The lowest BCUT2D eigenvalue weighted by molar-refractivity contribution is -0.138. The molecule has 1 amide bonds. The number of nitrogens with two attached hydrogens (primary N) is 1. The number of carbonyl (C=O) groups is 1. The molecule has 0 spiro atoms. The van der Waals surface area contributed by atoms with Crippen LogP contribution in [0.25, 0.3) is 0 Å². The largest absolute Gasteiger partial charge is 0.367 e. The summed E-state index contributed by atoms with van der Waals surface area (Å²) in [6.45, 7) is 1.69. The van der Waals surface area contributed by atoms with Crippen LogP contribution in [0.2, 0.25) is 0 Å². The Morgan fingerprint density at radius 3 is 3.18 bits per heavy atom. The van der Waals surface area contributed by atoms with E-state index in [9.17, 15) is 4.79 Å². The molecule has 0 aromatic carbocycles. The van der Waals surface area contributed by atoms with Crippen LogP contribution in [0.3, 0.4) is 0 Å². The zero-order valence-corrected chi connectivity index (χ0v) is 6.75. The van der Waals surface area contributed by atoms with Gasteiger partial charge in [0.1, 0.15) is 6.10 Å². The predicted octanol–water partition coefficient (Wildman–Crippen LogP) is -0.808.